The summed E-state index contributed by atoms with van der Waals surface area (Å²) < 4.78 is 0. The van der Waals surface area contributed by atoms with Crippen molar-refractivity contribution in [2.45, 2.75) is 18.7 Å². The van der Waals surface area contributed by atoms with Crippen LogP contribution < -0.4 is 5.32 Å². The van der Waals surface area contributed by atoms with Crippen molar-refractivity contribution in [3.63, 3.8) is 0 Å². The summed E-state index contributed by atoms with van der Waals surface area (Å²) >= 11 is 1.54. The number of rotatable bonds is 4. The second-order valence-electron chi connectivity index (χ2n) is 2.96. The summed E-state index contributed by atoms with van der Waals surface area (Å²) in [7, 11) is 0. The highest BCUT2D eigenvalue weighted by Crippen LogP contribution is 2.04. The van der Waals surface area contributed by atoms with Gasteiger partial charge in [-0.1, -0.05) is 6.07 Å². The standard InChI is InChI=1S/C10H14N2OS/c1-8(14-2)10(13)12-7-9-4-3-5-11-6-9/h3-6,8H,7H2,1-2H3,(H,12,13)/t8-/m1/s1. The summed E-state index contributed by atoms with van der Waals surface area (Å²) in [5, 5.41) is 2.86. The molecule has 1 atom stereocenters. The van der Waals surface area contributed by atoms with Crippen LogP contribution in [0.4, 0.5) is 0 Å². The molecule has 0 aliphatic heterocycles. The molecule has 0 saturated carbocycles. The van der Waals surface area contributed by atoms with Crippen molar-refractivity contribution in [3.05, 3.63) is 30.1 Å². The summed E-state index contributed by atoms with van der Waals surface area (Å²) in [6.07, 6.45) is 5.40. The SMILES string of the molecule is CS[C@H](C)C(=O)NCc1cccnc1. The first kappa shape index (κ1) is 11.0. The van der Waals surface area contributed by atoms with Gasteiger partial charge in [0.1, 0.15) is 0 Å². The normalized spacial score (nSPS) is 12.1. The van der Waals surface area contributed by atoms with Gasteiger partial charge in [-0.25, -0.2) is 0 Å². The van der Waals surface area contributed by atoms with Crippen LogP contribution in [0.3, 0.4) is 0 Å². The lowest BCUT2D eigenvalue weighted by molar-refractivity contribution is -0.120. The van der Waals surface area contributed by atoms with E-state index in [0.717, 1.165) is 5.56 Å². The number of hydrogen-bond acceptors (Lipinski definition) is 3. The lowest BCUT2D eigenvalue weighted by atomic mass is 10.3. The molecule has 0 spiro atoms. The Labute approximate surface area is 88.3 Å². The molecule has 0 aliphatic carbocycles. The number of amides is 1. The number of nitrogens with one attached hydrogen (secondary N) is 1. The Morgan fingerprint density at radius 3 is 3.07 bits per heavy atom. The summed E-state index contributed by atoms with van der Waals surface area (Å²) in [5.41, 5.74) is 1.02. The zero-order valence-electron chi connectivity index (χ0n) is 8.36. The molecule has 14 heavy (non-hydrogen) atoms. The molecular weight excluding hydrogens is 196 g/mol. The molecule has 76 valence electrons. The molecule has 1 amide bonds. The van der Waals surface area contributed by atoms with Crippen LogP contribution in [0.15, 0.2) is 24.5 Å². The van der Waals surface area contributed by atoms with Crippen LogP contribution in [0.1, 0.15) is 12.5 Å². The molecule has 0 fully saturated rings. The minimum absolute atomic E-state index is 0.00618. The van der Waals surface area contributed by atoms with Crippen LogP contribution >= 0.6 is 11.8 Å². The number of thioether (sulfide) groups is 1. The van der Waals surface area contributed by atoms with E-state index in [-0.39, 0.29) is 11.2 Å². The third kappa shape index (κ3) is 3.38. The second kappa shape index (κ2) is 5.65. The van der Waals surface area contributed by atoms with Gasteiger partial charge in [0.25, 0.3) is 0 Å². The molecule has 0 saturated heterocycles. The van der Waals surface area contributed by atoms with Gasteiger partial charge in [-0.2, -0.15) is 11.8 Å². The van der Waals surface area contributed by atoms with Crippen LogP contribution in [-0.2, 0) is 11.3 Å². The van der Waals surface area contributed by atoms with Crippen molar-refractivity contribution < 1.29 is 4.79 Å². The number of hydrogen-bond donors (Lipinski definition) is 1. The van der Waals surface area contributed by atoms with Gasteiger partial charge in [-0.3, -0.25) is 9.78 Å². The van der Waals surface area contributed by atoms with E-state index >= 15 is 0 Å². The van der Waals surface area contributed by atoms with E-state index in [9.17, 15) is 4.79 Å². The van der Waals surface area contributed by atoms with E-state index in [1.807, 2.05) is 25.3 Å². The molecule has 4 heteroatoms. The Balaban J connectivity index is 2.38. The third-order valence-corrected chi connectivity index (χ3v) is 2.83. The Hall–Kier alpha value is -1.03. The van der Waals surface area contributed by atoms with Crippen LogP contribution in [0.2, 0.25) is 0 Å². The molecule has 1 aromatic rings. The van der Waals surface area contributed by atoms with Gasteiger partial charge in [0.2, 0.25) is 5.91 Å². The molecule has 3 nitrogen and oxygen atoms in total. The van der Waals surface area contributed by atoms with E-state index in [1.54, 1.807) is 24.2 Å². The minimum atomic E-state index is 0.00618. The first-order valence-electron chi connectivity index (χ1n) is 4.43. The monoisotopic (exact) mass is 210 g/mol. The average molecular weight is 210 g/mol. The van der Waals surface area contributed by atoms with E-state index in [4.69, 9.17) is 0 Å². The zero-order valence-corrected chi connectivity index (χ0v) is 9.17. The fourth-order valence-corrected chi connectivity index (χ4v) is 1.24. The minimum Gasteiger partial charge on any atom is -0.351 e. The van der Waals surface area contributed by atoms with E-state index in [1.165, 1.54) is 0 Å². The maximum Gasteiger partial charge on any atom is 0.233 e. The number of nitrogens with zero attached hydrogens (tertiary/aromatic N) is 1. The number of carbonyl (C=O) groups is 1. The molecule has 1 rings (SSSR count). The van der Waals surface area contributed by atoms with Crippen molar-refractivity contribution in [1.29, 1.82) is 0 Å². The zero-order chi connectivity index (χ0) is 10.4. The van der Waals surface area contributed by atoms with E-state index in [0.29, 0.717) is 6.54 Å². The van der Waals surface area contributed by atoms with Gasteiger partial charge >= 0.3 is 0 Å². The summed E-state index contributed by atoms with van der Waals surface area (Å²) in [6, 6.07) is 3.80. The average Bonchev–Trinajstić information content (AvgIpc) is 2.26. The number of aromatic nitrogens is 1. The summed E-state index contributed by atoms with van der Waals surface area (Å²) in [4.78, 5) is 15.4. The number of carbonyl (C=O) groups excluding carboxylic acids is 1. The second-order valence-corrected chi connectivity index (χ2v) is 4.14. The molecule has 1 aromatic heterocycles. The smallest absolute Gasteiger partial charge is 0.233 e. The van der Waals surface area contributed by atoms with Gasteiger partial charge in [0.05, 0.1) is 5.25 Å². The van der Waals surface area contributed by atoms with Gasteiger partial charge in [0.15, 0.2) is 0 Å². The molecule has 0 bridgehead atoms. The van der Waals surface area contributed by atoms with Gasteiger partial charge in [-0.15, -0.1) is 0 Å². The maximum atomic E-state index is 11.4. The molecule has 0 aromatic carbocycles. The topological polar surface area (TPSA) is 42.0 Å². The van der Waals surface area contributed by atoms with Crippen LogP contribution in [0.25, 0.3) is 0 Å². The molecule has 1 N–H and O–H groups in total. The first-order valence-corrected chi connectivity index (χ1v) is 5.72. The predicted octanol–water partition coefficient (Wildman–Crippen LogP) is 1.45. The third-order valence-electron chi connectivity index (χ3n) is 1.91. The fourth-order valence-electron chi connectivity index (χ4n) is 0.943. The molecule has 0 radical (unpaired) electrons. The largest absolute Gasteiger partial charge is 0.351 e. The van der Waals surface area contributed by atoms with Crippen LogP contribution in [0.5, 0.6) is 0 Å². The Bertz CT molecular complexity index is 289. The Morgan fingerprint density at radius 2 is 2.50 bits per heavy atom. The summed E-state index contributed by atoms with van der Waals surface area (Å²) in [6.45, 7) is 2.45. The highest BCUT2D eigenvalue weighted by molar-refractivity contribution is 7.99. The Morgan fingerprint density at radius 1 is 1.71 bits per heavy atom. The quantitative estimate of drug-likeness (QED) is 0.818. The van der Waals surface area contributed by atoms with Gasteiger partial charge in [-0.05, 0) is 24.8 Å². The molecule has 0 unspecified atom stereocenters. The van der Waals surface area contributed by atoms with E-state index < -0.39 is 0 Å². The van der Waals surface area contributed by atoms with Crippen molar-refractivity contribution in [2.75, 3.05) is 6.26 Å². The molecule has 0 aliphatic rings. The fraction of sp³-hybridized carbons (Fsp3) is 0.400. The summed E-state index contributed by atoms with van der Waals surface area (Å²) in [5.74, 6) is 0.0707. The highest BCUT2D eigenvalue weighted by Gasteiger charge is 2.09. The van der Waals surface area contributed by atoms with Crippen molar-refractivity contribution in [3.8, 4) is 0 Å². The van der Waals surface area contributed by atoms with Crippen LogP contribution in [-0.4, -0.2) is 22.4 Å². The highest BCUT2D eigenvalue weighted by atomic mass is 32.2. The lowest BCUT2D eigenvalue weighted by Crippen LogP contribution is -2.30. The predicted molar refractivity (Wildman–Crippen MR) is 59.1 cm³/mol. The van der Waals surface area contributed by atoms with E-state index in [2.05, 4.69) is 10.3 Å². The van der Waals surface area contributed by atoms with Crippen molar-refractivity contribution in [1.82, 2.24) is 10.3 Å². The number of pyridine rings is 1. The molecule has 1 heterocycles. The van der Waals surface area contributed by atoms with Crippen LogP contribution in [0, 0.1) is 0 Å². The lowest BCUT2D eigenvalue weighted by Gasteiger charge is -2.08. The van der Waals surface area contributed by atoms with Crippen molar-refractivity contribution in [2.24, 2.45) is 0 Å². The maximum absolute atomic E-state index is 11.4. The molecular formula is C10H14N2OS. The van der Waals surface area contributed by atoms with Gasteiger partial charge < -0.3 is 5.32 Å². The Kier molecular flexibility index (Phi) is 4.46. The van der Waals surface area contributed by atoms with Gasteiger partial charge in [0, 0.05) is 18.9 Å². The van der Waals surface area contributed by atoms with Crippen molar-refractivity contribution >= 4 is 17.7 Å². The first-order chi connectivity index (χ1) is 6.74.